The molecule has 2 N–H and O–H groups in total. The Morgan fingerprint density at radius 3 is 2.33 bits per heavy atom. The van der Waals surface area contributed by atoms with E-state index in [1.165, 1.54) is 30.6 Å². The molecule has 1 heterocycles. The maximum atomic E-state index is 12.8. The van der Waals surface area contributed by atoms with E-state index in [4.69, 9.17) is 0 Å². The van der Waals surface area contributed by atoms with Gasteiger partial charge in [0, 0.05) is 25.0 Å². The normalized spacial score (nSPS) is 10.5. The second kappa shape index (κ2) is 8.19. The Balaban J connectivity index is 1.92. The summed E-state index contributed by atoms with van der Waals surface area (Å²) in [5.41, 5.74) is 1.60. The van der Waals surface area contributed by atoms with Gasteiger partial charge in [0.25, 0.3) is 11.8 Å². The van der Waals surface area contributed by atoms with Gasteiger partial charge in [-0.3, -0.25) is 14.6 Å². The first-order chi connectivity index (χ1) is 11.5. The molecule has 2 amide bonds. The van der Waals surface area contributed by atoms with Crippen LogP contribution in [0, 0.1) is 5.82 Å². The van der Waals surface area contributed by atoms with E-state index in [1.54, 1.807) is 12.1 Å². The van der Waals surface area contributed by atoms with Gasteiger partial charge in [0.2, 0.25) is 0 Å². The van der Waals surface area contributed by atoms with E-state index < -0.39 is 0 Å². The zero-order valence-electron chi connectivity index (χ0n) is 13.7. The lowest BCUT2D eigenvalue weighted by Gasteiger charge is -2.09. The Bertz CT molecular complexity index is 714. The molecule has 1 aromatic heterocycles. The largest absolute Gasteiger partial charge is 0.352 e. The van der Waals surface area contributed by atoms with Crippen molar-refractivity contribution in [1.29, 1.82) is 0 Å². The third kappa shape index (κ3) is 5.15. The fourth-order valence-corrected chi connectivity index (χ4v) is 2.11. The smallest absolute Gasteiger partial charge is 0.253 e. The number of benzene rings is 1. The molecular formula is C18H20FN3O2. The van der Waals surface area contributed by atoms with Gasteiger partial charge in [-0.05, 0) is 44.0 Å². The third-order valence-corrected chi connectivity index (χ3v) is 3.29. The van der Waals surface area contributed by atoms with Gasteiger partial charge in [0.15, 0.2) is 0 Å². The Labute approximate surface area is 140 Å². The molecule has 0 radical (unpaired) electrons. The number of amides is 2. The monoisotopic (exact) mass is 329 g/mol. The average Bonchev–Trinajstić information content (AvgIpc) is 2.56. The van der Waals surface area contributed by atoms with Crippen LogP contribution in [0.5, 0.6) is 0 Å². The predicted molar refractivity (Wildman–Crippen MR) is 89.3 cm³/mol. The molecule has 0 unspecified atom stereocenters. The van der Waals surface area contributed by atoms with Crippen molar-refractivity contribution in [2.45, 2.75) is 26.3 Å². The number of hydrogen-bond acceptors (Lipinski definition) is 3. The van der Waals surface area contributed by atoms with Crippen LogP contribution >= 0.6 is 0 Å². The van der Waals surface area contributed by atoms with Crippen molar-refractivity contribution in [2.24, 2.45) is 0 Å². The van der Waals surface area contributed by atoms with Crippen LogP contribution in [0.1, 0.15) is 40.1 Å². The Hall–Kier alpha value is -2.76. The van der Waals surface area contributed by atoms with Gasteiger partial charge in [-0.25, -0.2) is 4.39 Å². The molecule has 126 valence electrons. The summed E-state index contributed by atoms with van der Waals surface area (Å²) in [5.74, 6) is -0.854. The second-order valence-electron chi connectivity index (χ2n) is 5.72. The number of nitrogens with zero attached hydrogens (tertiary/aromatic N) is 1. The van der Waals surface area contributed by atoms with E-state index >= 15 is 0 Å². The summed E-state index contributed by atoms with van der Waals surface area (Å²) < 4.78 is 12.8. The van der Waals surface area contributed by atoms with Gasteiger partial charge < -0.3 is 10.6 Å². The Kier molecular flexibility index (Phi) is 6.01. The van der Waals surface area contributed by atoms with Gasteiger partial charge in [0.05, 0.1) is 11.1 Å². The molecule has 2 aromatic rings. The molecule has 0 aliphatic rings. The molecule has 1 aromatic carbocycles. The average molecular weight is 329 g/mol. The van der Waals surface area contributed by atoms with Gasteiger partial charge in [-0.15, -0.1) is 0 Å². The fourth-order valence-electron chi connectivity index (χ4n) is 2.11. The zero-order valence-corrected chi connectivity index (χ0v) is 13.7. The number of hydrogen-bond donors (Lipinski definition) is 2. The van der Waals surface area contributed by atoms with Crippen molar-refractivity contribution in [1.82, 2.24) is 15.6 Å². The second-order valence-corrected chi connectivity index (χ2v) is 5.72. The van der Waals surface area contributed by atoms with E-state index in [0.717, 1.165) is 5.56 Å². The molecule has 6 heteroatoms. The minimum atomic E-state index is -0.302. The molecule has 0 bridgehead atoms. The summed E-state index contributed by atoms with van der Waals surface area (Å²) in [7, 11) is 0. The van der Waals surface area contributed by atoms with Crippen LogP contribution in [0.2, 0.25) is 0 Å². The number of pyridine rings is 1. The Morgan fingerprint density at radius 1 is 1.08 bits per heavy atom. The molecule has 0 aliphatic carbocycles. The highest BCUT2D eigenvalue weighted by molar-refractivity contribution is 5.99. The Morgan fingerprint density at radius 2 is 1.71 bits per heavy atom. The van der Waals surface area contributed by atoms with Crippen LogP contribution in [0.15, 0.2) is 42.7 Å². The van der Waals surface area contributed by atoms with E-state index in [-0.39, 0.29) is 23.7 Å². The molecule has 0 fully saturated rings. The van der Waals surface area contributed by atoms with Gasteiger partial charge in [-0.1, -0.05) is 12.1 Å². The lowest BCUT2D eigenvalue weighted by atomic mass is 10.1. The summed E-state index contributed by atoms with van der Waals surface area (Å²) in [6.07, 6.45) is 3.43. The number of nitrogens with one attached hydrogen (secondary N) is 2. The number of carbonyl (C=O) groups excluding carboxylic acids is 2. The SMILES string of the molecule is CC(C)NC(=O)c1cncc(C(=O)NCCc2ccc(F)cc2)c1. The molecular weight excluding hydrogens is 309 g/mol. The van der Waals surface area contributed by atoms with Crippen molar-refractivity contribution in [2.75, 3.05) is 6.54 Å². The van der Waals surface area contributed by atoms with Crippen LogP contribution < -0.4 is 10.6 Å². The summed E-state index contributed by atoms with van der Waals surface area (Å²) in [6, 6.07) is 7.65. The quantitative estimate of drug-likeness (QED) is 0.854. The van der Waals surface area contributed by atoms with Crippen LogP contribution in [0.4, 0.5) is 4.39 Å². The van der Waals surface area contributed by atoms with E-state index in [1.807, 2.05) is 13.8 Å². The molecule has 2 rings (SSSR count). The van der Waals surface area contributed by atoms with E-state index in [9.17, 15) is 14.0 Å². The number of carbonyl (C=O) groups is 2. The zero-order chi connectivity index (χ0) is 17.5. The number of halogens is 1. The van der Waals surface area contributed by atoms with Crippen molar-refractivity contribution < 1.29 is 14.0 Å². The van der Waals surface area contributed by atoms with E-state index in [2.05, 4.69) is 15.6 Å². The molecule has 0 spiro atoms. The molecule has 0 atom stereocenters. The lowest BCUT2D eigenvalue weighted by Crippen LogP contribution is -2.31. The topological polar surface area (TPSA) is 71.1 Å². The van der Waals surface area contributed by atoms with Crippen LogP contribution in [0.25, 0.3) is 0 Å². The van der Waals surface area contributed by atoms with Crippen LogP contribution in [0.3, 0.4) is 0 Å². The summed E-state index contributed by atoms with van der Waals surface area (Å²) in [5, 5.41) is 5.52. The molecule has 24 heavy (non-hydrogen) atoms. The summed E-state index contributed by atoms with van der Waals surface area (Å²) in [6.45, 7) is 4.13. The number of rotatable bonds is 6. The highest BCUT2D eigenvalue weighted by Gasteiger charge is 2.11. The van der Waals surface area contributed by atoms with Crippen LogP contribution in [-0.2, 0) is 6.42 Å². The first kappa shape index (κ1) is 17.6. The maximum absolute atomic E-state index is 12.8. The predicted octanol–water partition coefficient (Wildman–Crippen LogP) is 2.33. The van der Waals surface area contributed by atoms with Gasteiger partial charge in [-0.2, -0.15) is 0 Å². The summed E-state index contributed by atoms with van der Waals surface area (Å²) >= 11 is 0. The highest BCUT2D eigenvalue weighted by atomic mass is 19.1. The molecule has 0 aliphatic heterocycles. The van der Waals surface area contributed by atoms with Gasteiger partial charge >= 0.3 is 0 Å². The van der Waals surface area contributed by atoms with Gasteiger partial charge in [0.1, 0.15) is 5.82 Å². The minimum absolute atomic E-state index is 0.00527. The molecule has 0 saturated carbocycles. The third-order valence-electron chi connectivity index (χ3n) is 3.29. The summed E-state index contributed by atoms with van der Waals surface area (Å²) in [4.78, 5) is 28.0. The van der Waals surface area contributed by atoms with Crippen molar-refractivity contribution in [3.05, 3.63) is 65.2 Å². The van der Waals surface area contributed by atoms with Crippen molar-refractivity contribution in [3.63, 3.8) is 0 Å². The highest BCUT2D eigenvalue weighted by Crippen LogP contribution is 2.05. The minimum Gasteiger partial charge on any atom is -0.352 e. The van der Waals surface area contributed by atoms with Crippen LogP contribution in [-0.4, -0.2) is 29.4 Å². The fraction of sp³-hybridized carbons (Fsp3) is 0.278. The molecule has 5 nitrogen and oxygen atoms in total. The molecule has 0 saturated heterocycles. The first-order valence-corrected chi connectivity index (χ1v) is 7.74. The standard InChI is InChI=1S/C18H20FN3O2/c1-12(2)22-18(24)15-9-14(10-20-11-15)17(23)21-8-7-13-3-5-16(19)6-4-13/h3-6,9-12H,7-8H2,1-2H3,(H,21,23)(H,22,24). The lowest BCUT2D eigenvalue weighted by molar-refractivity contribution is 0.0942. The first-order valence-electron chi connectivity index (χ1n) is 7.74. The maximum Gasteiger partial charge on any atom is 0.253 e. The number of aromatic nitrogens is 1. The van der Waals surface area contributed by atoms with E-state index in [0.29, 0.717) is 24.1 Å². The van der Waals surface area contributed by atoms with Crippen molar-refractivity contribution in [3.8, 4) is 0 Å². The van der Waals surface area contributed by atoms with Crippen molar-refractivity contribution >= 4 is 11.8 Å².